The lowest BCUT2D eigenvalue weighted by molar-refractivity contribution is 0.0949. The molecule has 0 saturated carbocycles. The summed E-state index contributed by atoms with van der Waals surface area (Å²) < 4.78 is 7.26. The minimum absolute atomic E-state index is 0.0247. The fourth-order valence-electron chi connectivity index (χ4n) is 1.71. The van der Waals surface area contributed by atoms with E-state index >= 15 is 0 Å². The highest BCUT2D eigenvalue weighted by Crippen LogP contribution is 2.10. The third-order valence-electron chi connectivity index (χ3n) is 3.00. The van der Waals surface area contributed by atoms with E-state index in [1.54, 1.807) is 7.11 Å². The van der Waals surface area contributed by atoms with Gasteiger partial charge in [0.2, 0.25) is 0 Å². The van der Waals surface area contributed by atoms with Gasteiger partial charge in [0, 0.05) is 31.8 Å². The van der Waals surface area contributed by atoms with Crippen molar-refractivity contribution in [2.24, 2.45) is 5.73 Å². The Hall–Kier alpha value is -0.870. The van der Waals surface area contributed by atoms with Gasteiger partial charge in [-0.25, -0.2) is 0 Å². The molecular weight excluding hydrogens is 202 g/mol. The standard InChI is InChI=1S/C12H23N3O/c1-5-10-7-11(15(6-2)14-10)8-12(13)9(3)16-4/h7,9,12H,5-6,8,13H2,1-4H3. The Labute approximate surface area is 97.8 Å². The van der Waals surface area contributed by atoms with Gasteiger partial charge >= 0.3 is 0 Å². The molecule has 0 radical (unpaired) electrons. The first-order valence-corrected chi connectivity index (χ1v) is 5.96. The largest absolute Gasteiger partial charge is 0.380 e. The van der Waals surface area contributed by atoms with E-state index < -0.39 is 0 Å². The van der Waals surface area contributed by atoms with Crippen molar-refractivity contribution in [2.75, 3.05) is 7.11 Å². The number of hydrogen-bond acceptors (Lipinski definition) is 3. The highest BCUT2D eigenvalue weighted by molar-refractivity contribution is 5.12. The van der Waals surface area contributed by atoms with Crippen molar-refractivity contribution in [1.29, 1.82) is 0 Å². The molecule has 0 aliphatic carbocycles. The Morgan fingerprint density at radius 1 is 1.50 bits per heavy atom. The molecule has 0 aromatic carbocycles. The summed E-state index contributed by atoms with van der Waals surface area (Å²) in [6.45, 7) is 7.10. The Morgan fingerprint density at radius 3 is 2.69 bits per heavy atom. The van der Waals surface area contributed by atoms with E-state index in [0.29, 0.717) is 0 Å². The van der Waals surface area contributed by atoms with Gasteiger partial charge in [0.15, 0.2) is 0 Å². The molecule has 2 N–H and O–H groups in total. The monoisotopic (exact) mass is 225 g/mol. The van der Waals surface area contributed by atoms with Crippen LogP contribution >= 0.6 is 0 Å². The molecule has 0 bridgehead atoms. The Morgan fingerprint density at radius 2 is 2.19 bits per heavy atom. The minimum atomic E-state index is 0.0247. The average molecular weight is 225 g/mol. The minimum Gasteiger partial charge on any atom is -0.380 e. The van der Waals surface area contributed by atoms with E-state index in [0.717, 1.165) is 25.1 Å². The van der Waals surface area contributed by atoms with E-state index in [2.05, 4.69) is 25.0 Å². The topological polar surface area (TPSA) is 53.1 Å². The normalized spacial score (nSPS) is 15.1. The van der Waals surface area contributed by atoms with Crippen LogP contribution in [0, 0.1) is 0 Å². The molecule has 0 amide bonds. The summed E-state index contributed by atoms with van der Waals surface area (Å²) >= 11 is 0. The molecule has 2 atom stereocenters. The van der Waals surface area contributed by atoms with Crippen molar-refractivity contribution in [3.05, 3.63) is 17.5 Å². The van der Waals surface area contributed by atoms with Crippen LogP contribution in [0.4, 0.5) is 0 Å². The van der Waals surface area contributed by atoms with Gasteiger partial charge in [-0.15, -0.1) is 0 Å². The lowest BCUT2D eigenvalue weighted by Crippen LogP contribution is -2.36. The zero-order chi connectivity index (χ0) is 12.1. The molecule has 0 aliphatic heterocycles. The molecule has 0 saturated heterocycles. The fraction of sp³-hybridized carbons (Fsp3) is 0.750. The number of hydrogen-bond donors (Lipinski definition) is 1. The van der Waals surface area contributed by atoms with Gasteiger partial charge in [-0.1, -0.05) is 6.92 Å². The quantitative estimate of drug-likeness (QED) is 0.795. The SMILES string of the molecule is CCc1cc(CC(N)C(C)OC)n(CC)n1. The summed E-state index contributed by atoms with van der Waals surface area (Å²) in [5.74, 6) is 0. The van der Waals surface area contributed by atoms with E-state index in [4.69, 9.17) is 10.5 Å². The van der Waals surface area contributed by atoms with E-state index in [-0.39, 0.29) is 12.1 Å². The van der Waals surface area contributed by atoms with Crippen LogP contribution in [0.5, 0.6) is 0 Å². The van der Waals surface area contributed by atoms with Crippen LogP contribution in [0.15, 0.2) is 6.07 Å². The van der Waals surface area contributed by atoms with Gasteiger partial charge in [-0.2, -0.15) is 5.10 Å². The van der Waals surface area contributed by atoms with Crippen LogP contribution in [-0.2, 0) is 24.1 Å². The van der Waals surface area contributed by atoms with Gasteiger partial charge < -0.3 is 10.5 Å². The first kappa shape index (κ1) is 13.2. The van der Waals surface area contributed by atoms with E-state index in [1.165, 1.54) is 5.69 Å². The third-order valence-corrected chi connectivity index (χ3v) is 3.00. The highest BCUT2D eigenvalue weighted by Gasteiger charge is 2.15. The molecule has 0 aliphatic rings. The molecule has 1 aromatic heterocycles. The molecule has 4 heteroatoms. The number of nitrogens with two attached hydrogens (primary N) is 1. The molecule has 0 spiro atoms. The molecule has 1 rings (SSSR count). The first-order chi connectivity index (χ1) is 7.62. The maximum atomic E-state index is 6.07. The second-order valence-electron chi connectivity index (χ2n) is 4.11. The molecule has 0 fully saturated rings. The van der Waals surface area contributed by atoms with E-state index in [9.17, 15) is 0 Å². The zero-order valence-electron chi connectivity index (χ0n) is 10.7. The van der Waals surface area contributed by atoms with Crippen LogP contribution < -0.4 is 5.73 Å². The summed E-state index contributed by atoms with van der Waals surface area (Å²) in [5.41, 5.74) is 8.41. The summed E-state index contributed by atoms with van der Waals surface area (Å²) in [4.78, 5) is 0. The third kappa shape index (κ3) is 3.06. The maximum Gasteiger partial charge on any atom is 0.0697 e. The molecule has 4 nitrogen and oxygen atoms in total. The second kappa shape index (κ2) is 6.01. The second-order valence-corrected chi connectivity index (χ2v) is 4.11. The van der Waals surface area contributed by atoms with Crippen molar-refractivity contribution in [3.8, 4) is 0 Å². The maximum absolute atomic E-state index is 6.07. The first-order valence-electron chi connectivity index (χ1n) is 5.96. The predicted molar refractivity (Wildman–Crippen MR) is 65.4 cm³/mol. The summed E-state index contributed by atoms with van der Waals surface area (Å²) in [5, 5.41) is 4.51. The molecule has 92 valence electrons. The van der Waals surface area contributed by atoms with Gasteiger partial charge in [-0.3, -0.25) is 4.68 Å². The van der Waals surface area contributed by atoms with Gasteiger partial charge in [0.1, 0.15) is 0 Å². The predicted octanol–water partition coefficient (Wildman–Crippen LogP) is 1.37. The number of methoxy groups -OCH3 is 1. The number of rotatable bonds is 6. The molecular formula is C12H23N3O. The van der Waals surface area contributed by atoms with Crippen molar-refractivity contribution in [3.63, 3.8) is 0 Å². The average Bonchev–Trinajstić information content (AvgIpc) is 2.70. The Balaban J connectivity index is 2.75. The highest BCUT2D eigenvalue weighted by atomic mass is 16.5. The molecule has 16 heavy (non-hydrogen) atoms. The van der Waals surface area contributed by atoms with Crippen molar-refractivity contribution >= 4 is 0 Å². The molecule has 2 unspecified atom stereocenters. The van der Waals surface area contributed by atoms with Crippen molar-refractivity contribution < 1.29 is 4.74 Å². The summed E-state index contributed by atoms with van der Waals surface area (Å²) in [6, 6.07) is 2.17. The van der Waals surface area contributed by atoms with Crippen LogP contribution in [-0.4, -0.2) is 29.0 Å². The zero-order valence-corrected chi connectivity index (χ0v) is 10.7. The molecule has 1 aromatic rings. The smallest absolute Gasteiger partial charge is 0.0697 e. The number of aryl methyl sites for hydroxylation is 2. The Kier molecular flexibility index (Phi) is 4.96. The lowest BCUT2D eigenvalue weighted by Gasteiger charge is -2.18. The van der Waals surface area contributed by atoms with Crippen molar-refractivity contribution in [1.82, 2.24) is 9.78 Å². The molecule has 1 heterocycles. The van der Waals surface area contributed by atoms with Crippen LogP contribution in [0.2, 0.25) is 0 Å². The van der Waals surface area contributed by atoms with Crippen LogP contribution in [0.25, 0.3) is 0 Å². The van der Waals surface area contributed by atoms with Gasteiger partial charge in [0.25, 0.3) is 0 Å². The summed E-state index contributed by atoms with van der Waals surface area (Å²) in [6.07, 6.45) is 1.86. The van der Waals surface area contributed by atoms with E-state index in [1.807, 2.05) is 11.6 Å². The lowest BCUT2D eigenvalue weighted by atomic mass is 10.1. The van der Waals surface area contributed by atoms with Crippen LogP contribution in [0.1, 0.15) is 32.2 Å². The van der Waals surface area contributed by atoms with Crippen molar-refractivity contribution in [2.45, 2.75) is 52.3 Å². The van der Waals surface area contributed by atoms with Gasteiger partial charge in [0.05, 0.1) is 11.8 Å². The Bertz CT molecular complexity index is 322. The number of nitrogens with zero attached hydrogens (tertiary/aromatic N) is 2. The van der Waals surface area contributed by atoms with Gasteiger partial charge in [-0.05, 0) is 26.3 Å². The number of aromatic nitrogens is 2. The summed E-state index contributed by atoms with van der Waals surface area (Å²) in [7, 11) is 1.69. The van der Waals surface area contributed by atoms with Crippen LogP contribution in [0.3, 0.4) is 0 Å². The number of ether oxygens (including phenoxy) is 1. The fourth-order valence-corrected chi connectivity index (χ4v) is 1.71.